The molecular weight excluding hydrogens is 973 g/mol. The highest BCUT2D eigenvalue weighted by Crippen LogP contribution is 2.14. The van der Waals surface area contributed by atoms with Gasteiger partial charge in [-0.05, 0) is 128 Å². The number of rotatable bonds is 56. The van der Waals surface area contributed by atoms with Gasteiger partial charge in [0.25, 0.3) is 0 Å². The Morgan fingerprint density at radius 2 is 0.494 bits per heavy atom. The number of esters is 3. The van der Waals surface area contributed by atoms with Gasteiger partial charge in [-0.25, -0.2) is 0 Å². The Morgan fingerprint density at radius 3 is 0.772 bits per heavy atom. The molecule has 1 atom stereocenters. The van der Waals surface area contributed by atoms with Crippen molar-refractivity contribution in [1.29, 1.82) is 0 Å². The maximum Gasteiger partial charge on any atom is 0.306 e. The SMILES string of the molecule is CC/C=C\C/C=C\C/C=C\C/C=C\C/C=C\C/C=C\C/C=C\C/C=C\C/C=C\CCCCCCCCCC(=O)OCC(COC(=O)CCCCCCCCC)OC(=O)CCCCCCCC/C=C\C/C=C\C/C=C\C/C=C\CC. The van der Waals surface area contributed by atoms with Gasteiger partial charge in [0.05, 0.1) is 0 Å². The second-order valence-electron chi connectivity index (χ2n) is 20.6. The topological polar surface area (TPSA) is 78.9 Å². The van der Waals surface area contributed by atoms with Crippen LogP contribution in [0, 0.1) is 0 Å². The van der Waals surface area contributed by atoms with Gasteiger partial charge < -0.3 is 14.2 Å². The van der Waals surface area contributed by atoms with Crippen molar-refractivity contribution in [3.8, 4) is 0 Å². The molecule has 0 fully saturated rings. The predicted octanol–water partition coefficient (Wildman–Crippen LogP) is 22.1. The molecule has 79 heavy (non-hydrogen) atoms. The van der Waals surface area contributed by atoms with E-state index in [9.17, 15) is 14.4 Å². The van der Waals surface area contributed by atoms with Crippen LogP contribution in [0.2, 0.25) is 0 Å². The van der Waals surface area contributed by atoms with E-state index in [0.717, 1.165) is 161 Å². The molecule has 0 N–H and O–H groups in total. The van der Waals surface area contributed by atoms with E-state index in [1.165, 1.54) is 64.2 Å². The summed E-state index contributed by atoms with van der Waals surface area (Å²) in [4.78, 5) is 38.1. The zero-order chi connectivity index (χ0) is 57.1. The Labute approximate surface area is 486 Å². The van der Waals surface area contributed by atoms with Crippen LogP contribution in [0.5, 0.6) is 0 Å². The molecule has 0 aliphatic rings. The largest absolute Gasteiger partial charge is 0.462 e. The minimum Gasteiger partial charge on any atom is -0.462 e. The number of carbonyl (C=O) groups is 3. The first-order valence-corrected chi connectivity index (χ1v) is 32.0. The summed E-state index contributed by atoms with van der Waals surface area (Å²) >= 11 is 0. The molecule has 0 aromatic rings. The highest BCUT2D eigenvalue weighted by atomic mass is 16.6. The van der Waals surface area contributed by atoms with Gasteiger partial charge in [0.2, 0.25) is 0 Å². The van der Waals surface area contributed by atoms with E-state index in [-0.39, 0.29) is 31.1 Å². The minimum atomic E-state index is -0.794. The van der Waals surface area contributed by atoms with Crippen LogP contribution < -0.4 is 0 Å². The Morgan fingerprint density at radius 1 is 0.266 bits per heavy atom. The fraction of sp³-hybridized carbons (Fsp3) is 0.603. The molecule has 0 aliphatic carbocycles. The first kappa shape index (κ1) is 74.0. The highest BCUT2D eigenvalue weighted by molar-refractivity contribution is 5.71. The molecule has 0 bridgehead atoms. The molecular formula is C73H116O6. The van der Waals surface area contributed by atoms with Crippen LogP contribution >= 0.6 is 0 Å². The van der Waals surface area contributed by atoms with Crippen molar-refractivity contribution in [2.24, 2.45) is 0 Å². The average Bonchev–Trinajstić information content (AvgIpc) is 3.45. The molecule has 0 amide bonds. The molecule has 6 heteroatoms. The molecule has 0 saturated carbocycles. The van der Waals surface area contributed by atoms with E-state index in [2.05, 4.69) is 179 Å². The summed E-state index contributed by atoms with van der Waals surface area (Å²) in [5.74, 6) is -0.928. The molecule has 1 unspecified atom stereocenters. The summed E-state index contributed by atoms with van der Waals surface area (Å²) in [6, 6.07) is 0. The molecule has 6 nitrogen and oxygen atoms in total. The summed E-state index contributed by atoms with van der Waals surface area (Å²) in [6.45, 7) is 6.34. The van der Waals surface area contributed by atoms with Gasteiger partial charge in [0.15, 0.2) is 6.10 Å². The van der Waals surface area contributed by atoms with Crippen LogP contribution in [0.1, 0.15) is 265 Å². The molecule has 444 valence electrons. The fourth-order valence-corrected chi connectivity index (χ4v) is 8.31. The Balaban J connectivity index is 4.19. The Bertz CT molecular complexity index is 1780. The number of ether oxygens (including phenoxy) is 3. The molecule has 0 saturated heterocycles. The van der Waals surface area contributed by atoms with E-state index in [0.29, 0.717) is 19.3 Å². The lowest BCUT2D eigenvalue weighted by atomic mass is 10.1. The summed E-state index contributed by atoms with van der Waals surface area (Å²) in [5, 5.41) is 0. The smallest absolute Gasteiger partial charge is 0.306 e. The van der Waals surface area contributed by atoms with Gasteiger partial charge in [-0.2, -0.15) is 0 Å². The van der Waals surface area contributed by atoms with Crippen LogP contribution in [-0.4, -0.2) is 37.2 Å². The highest BCUT2D eigenvalue weighted by Gasteiger charge is 2.19. The van der Waals surface area contributed by atoms with Crippen molar-refractivity contribution in [1.82, 2.24) is 0 Å². The lowest BCUT2D eigenvalue weighted by molar-refractivity contribution is -0.167. The van der Waals surface area contributed by atoms with E-state index in [4.69, 9.17) is 14.2 Å². The Kier molecular flexibility index (Phi) is 61.4. The van der Waals surface area contributed by atoms with Crippen molar-refractivity contribution in [3.63, 3.8) is 0 Å². The Hall–Kier alpha value is -4.97. The second-order valence-corrected chi connectivity index (χ2v) is 20.6. The van der Waals surface area contributed by atoms with Crippen LogP contribution in [0.3, 0.4) is 0 Å². The summed E-state index contributed by atoms with van der Waals surface area (Å²) in [5.41, 5.74) is 0. The third-order valence-electron chi connectivity index (χ3n) is 13.0. The zero-order valence-electron chi connectivity index (χ0n) is 50.8. The molecule has 0 radical (unpaired) electrons. The van der Waals surface area contributed by atoms with Gasteiger partial charge in [-0.15, -0.1) is 0 Å². The lowest BCUT2D eigenvalue weighted by Gasteiger charge is -2.18. The zero-order valence-corrected chi connectivity index (χ0v) is 50.8. The molecule has 0 spiro atoms. The standard InChI is InChI=1S/C73H116O6/c1-4-7-10-13-16-18-20-22-24-26-28-29-30-31-32-33-34-35-36-37-38-39-40-41-42-43-45-46-48-50-52-54-57-60-63-66-72(75)78-69-70(68-77-71(74)65-62-59-56-15-12-9-6-3)79-73(76)67-64-61-58-55-53-51-49-47-44-27-25-23-21-19-17-14-11-8-5-2/h7-8,10-11,16-19,22-25,28-29,31-32,34-35,37-38,40-41,43-45,47,70H,4-6,9,12-15,20-21,26-27,30,33,36,39,42,46,48-69H2,1-3H3/b10-7-,11-8-,18-16-,19-17-,24-22-,25-23-,29-28-,32-31-,35-34-,38-37-,41-40-,45-43-,47-44-. The van der Waals surface area contributed by atoms with Crippen molar-refractivity contribution in [3.05, 3.63) is 158 Å². The minimum absolute atomic E-state index is 0.0917. The van der Waals surface area contributed by atoms with Gasteiger partial charge in [-0.3, -0.25) is 14.4 Å². The summed E-state index contributed by atoms with van der Waals surface area (Å²) in [6.07, 6.45) is 95.6. The first-order valence-electron chi connectivity index (χ1n) is 32.0. The third kappa shape index (κ3) is 63.7. The van der Waals surface area contributed by atoms with E-state index >= 15 is 0 Å². The molecule has 0 aromatic carbocycles. The first-order chi connectivity index (χ1) is 39.0. The maximum absolute atomic E-state index is 12.8. The number of carbonyl (C=O) groups excluding carboxylic acids is 3. The fourth-order valence-electron chi connectivity index (χ4n) is 8.31. The van der Waals surface area contributed by atoms with Gasteiger partial charge in [0.1, 0.15) is 13.2 Å². The molecule has 0 rings (SSSR count). The maximum atomic E-state index is 12.8. The summed E-state index contributed by atoms with van der Waals surface area (Å²) < 4.78 is 16.8. The van der Waals surface area contributed by atoms with Crippen molar-refractivity contribution in [2.45, 2.75) is 271 Å². The summed E-state index contributed by atoms with van der Waals surface area (Å²) in [7, 11) is 0. The van der Waals surface area contributed by atoms with E-state index in [1.54, 1.807) is 0 Å². The quantitative estimate of drug-likeness (QED) is 0.0261. The number of unbranched alkanes of at least 4 members (excludes halogenated alkanes) is 19. The van der Waals surface area contributed by atoms with Gasteiger partial charge in [-0.1, -0.05) is 275 Å². The van der Waals surface area contributed by atoms with Crippen molar-refractivity contribution < 1.29 is 28.6 Å². The normalized spacial score (nSPS) is 13.2. The monoisotopic (exact) mass is 1090 g/mol. The lowest BCUT2D eigenvalue weighted by Crippen LogP contribution is -2.30. The number of hydrogen-bond donors (Lipinski definition) is 0. The van der Waals surface area contributed by atoms with E-state index in [1.807, 2.05) is 0 Å². The van der Waals surface area contributed by atoms with E-state index < -0.39 is 6.10 Å². The van der Waals surface area contributed by atoms with Crippen LogP contribution in [0.15, 0.2) is 158 Å². The number of allylic oxidation sites excluding steroid dienone is 26. The third-order valence-corrected chi connectivity index (χ3v) is 13.0. The number of hydrogen-bond acceptors (Lipinski definition) is 6. The molecule has 0 aliphatic heterocycles. The predicted molar refractivity (Wildman–Crippen MR) is 343 cm³/mol. The van der Waals surface area contributed by atoms with Crippen LogP contribution in [-0.2, 0) is 28.6 Å². The van der Waals surface area contributed by atoms with Crippen molar-refractivity contribution >= 4 is 17.9 Å². The molecule has 0 aromatic heterocycles. The van der Waals surface area contributed by atoms with Crippen LogP contribution in [0.4, 0.5) is 0 Å². The van der Waals surface area contributed by atoms with Gasteiger partial charge in [0, 0.05) is 19.3 Å². The van der Waals surface area contributed by atoms with Crippen molar-refractivity contribution in [2.75, 3.05) is 13.2 Å². The van der Waals surface area contributed by atoms with Gasteiger partial charge >= 0.3 is 17.9 Å². The van der Waals surface area contributed by atoms with Crippen LogP contribution in [0.25, 0.3) is 0 Å². The molecule has 0 heterocycles. The second kappa shape index (κ2) is 65.5. The average molecular weight is 1090 g/mol.